The normalized spacial score (nSPS) is 27.6. The van der Waals surface area contributed by atoms with Crippen molar-refractivity contribution in [3.05, 3.63) is 113 Å². The molecule has 3 fully saturated rings. The second-order valence-electron chi connectivity index (χ2n) is 15.3. The highest BCUT2D eigenvalue weighted by molar-refractivity contribution is 6.09. The van der Waals surface area contributed by atoms with Crippen molar-refractivity contribution < 1.29 is 14.2 Å². The number of nitrogens with zero attached hydrogens (tertiary/aromatic N) is 1. The number of hydrogen-bond donors (Lipinski definition) is 0. The van der Waals surface area contributed by atoms with Gasteiger partial charge in [-0.25, -0.2) is 0 Å². The Morgan fingerprint density at radius 2 is 1.63 bits per heavy atom. The Kier molecular flexibility index (Phi) is 6.64. The molecule has 4 aromatic rings. The molecule has 49 heavy (non-hydrogen) atoms. The van der Waals surface area contributed by atoms with Gasteiger partial charge in [-0.05, 0) is 145 Å². The molecule has 2 saturated carbocycles. The first kappa shape index (κ1) is 29.5. The molecule has 0 aromatic heterocycles. The summed E-state index contributed by atoms with van der Waals surface area (Å²) in [7, 11) is 3.56. The number of ether oxygens (including phenoxy) is 3. The minimum Gasteiger partial charge on any atom is -0.497 e. The van der Waals surface area contributed by atoms with Crippen LogP contribution in [0.25, 0.3) is 28.0 Å². The van der Waals surface area contributed by atoms with E-state index in [0.717, 1.165) is 54.5 Å². The average molecular weight is 648 g/mol. The van der Waals surface area contributed by atoms with Gasteiger partial charge in [0.15, 0.2) is 5.60 Å². The van der Waals surface area contributed by atoms with Crippen LogP contribution in [0, 0.1) is 11.8 Å². The molecule has 10 rings (SSSR count). The molecule has 0 radical (unpaired) electrons. The average Bonchev–Trinajstić information content (AvgIpc) is 3.87. The molecule has 4 heteroatoms. The van der Waals surface area contributed by atoms with Crippen molar-refractivity contribution in [2.45, 2.75) is 68.8 Å². The predicted octanol–water partition coefficient (Wildman–Crippen LogP) is 10.5. The molecule has 2 aliphatic heterocycles. The molecule has 4 unspecified atom stereocenters. The summed E-state index contributed by atoms with van der Waals surface area (Å²) >= 11 is 0. The van der Waals surface area contributed by atoms with Crippen molar-refractivity contribution >= 4 is 22.5 Å². The van der Waals surface area contributed by atoms with Gasteiger partial charge in [-0.15, -0.1) is 0 Å². The zero-order valence-corrected chi connectivity index (χ0v) is 28.8. The van der Waals surface area contributed by atoms with E-state index in [-0.39, 0.29) is 5.41 Å². The van der Waals surface area contributed by atoms with Crippen molar-refractivity contribution in [2.24, 2.45) is 11.8 Å². The molecule has 248 valence electrons. The first-order valence-electron chi connectivity index (χ1n) is 18.6. The highest BCUT2D eigenvalue weighted by Crippen LogP contribution is 2.69. The summed E-state index contributed by atoms with van der Waals surface area (Å²) in [5.41, 5.74) is 9.86. The third-order valence-corrected chi connectivity index (χ3v) is 13.0. The zero-order valence-electron chi connectivity index (χ0n) is 28.8. The van der Waals surface area contributed by atoms with Gasteiger partial charge in [-0.2, -0.15) is 0 Å². The van der Waals surface area contributed by atoms with Gasteiger partial charge in [0.25, 0.3) is 0 Å². The van der Waals surface area contributed by atoms with Gasteiger partial charge in [0, 0.05) is 40.7 Å². The Morgan fingerprint density at radius 1 is 0.816 bits per heavy atom. The van der Waals surface area contributed by atoms with Crippen molar-refractivity contribution in [3.63, 3.8) is 0 Å². The first-order chi connectivity index (χ1) is 24.1. The number of rotatable bonds is 5. The van der Waals surface area contributed by atoms with Crippen LogP contribution in [-0.2, 0) is 11.0 Å². The lowest BCUT2D eigenvalue weighted by atomic mass is 9.65. The van der Waals surface area contributed by atoms with E-state index in [9.17, 15) is 0 Å². The van der Waals surface area contributed by atoms with E-state index >= 15 is 0 Å². The molecular weight excluding hydrogens is 602 g/mol. The van der Waals surface area contributed by atoms with Gasteiger partial charge in [-0.3, -0.25) is 0 Å². The van der Waals surface area contributed by atoms with Crippen molar-refractivity contribution in [2.75, 3.05) is 32.2 Å². The third-order valence-electron chi connectivity index (χ3n) is 13.0. The molecular formula is C45H45NO3. The summed E-state index contributed by atoms with van der Waals surface area (Å²) in [4.78, 5) is 2.54. The Balaban J connectivity index is 1.22. The number of anilines is 1. The third kappa shape index (κ3) is 4.16. The number of allylic oxidation sites excluding steroid dienone is 2. The van der Waals surface area contributed by atoms with E-state index in [1.54, 1.807) is 14.2 Å². The van der Waals surface area contributed by atoms with Gasteiger partial charge >= 0.3 is 0 Å². The summed E-state index contributed by atoms with van der Waals surface area (Å²) < 4.78 is 19.4. The van der Waals surface area contributed by atoms with Gasteiger partial charge < -0.3 is 19.1 Å². The smallest absolute Gasteiger partial charge is 0.177 e. The lowest BCUT2D eigenvalue weighted by Crippen LogP contribution is -2.37. The van der Waals surface area contributed by atoms with Crippen molar-refractivity contribution in [3.8, 4) is 28.4 Å². The maximum Gasteiger partial charge on any atom is 0.177 e. The Labute approximate surface area is 290 Å². The molecule has 2 bridgehead atoms. The lowest BCUT2D eigenvalue weighted by Gasteiger charge is -2.42. The van der Waals surface area contributed by atoms with E-state index in [1.807, 2.05) is 0 Å². The van der Waals surface area contributed by atoms with Gasteiger partial charge in [-0.1, -0.05) is 48.9 Å². The van der Waals surface area contributed by atoms with Crippen LogP contribution in [-0.4, -0.2) is 27.3 Å². The van der Waals surface area contributed by atoms with E-state index < -0.39 is 5.60 Å². The highest BCUT2D eigenvalue weighted by Gasteiger charge is 2.59. The van der Waals surface area contributed by atoms with Crippen molar-refractivity contribution in [1.29, 1.82) is 0 Å². The molecule has 0 amide bonds. The molecule has 4 aliphatic carbocycles. The highest BCUT2D eigenvalue weighted by atomic mass is 16.5. The van der Waals surface area contributed by atoms with Crippen LogP contribution in [0.3, 0.4) is 0 Å². The second-order valence-corrected chi connectivity index (χ2v) is 15.3. The van der Waals surface area contributed by atoms with Gasteiger partial charge in [0.1, 0.15) is 17.2 Å². The maximum atomic E-state index is 7.69. The van der Waals surface area contributed by atoms with Gasteiger partial charge in [0.2, 0.25) is 0 Å². The number of hydrogen-bond acceptors (Lipinski definition) is 4. The van der Waals surface area contributed by atoms with E-state index in [1.165, 1.54) is 95.0 Å². The summed E-state index contributed by atoms with van der Waals surface area (Å²) in [6, 6.07) is 22.7. The minimum atomic E-state index is -0.731. The lowest BCUT2D eigenvalue weighted by molar-refractivity contribution is 0.161. The second kappa shape index (κ2) is 11.0. The summed E-state index contributed by atoms with van der Waals surface area (Å²) in [6.07, 6.45) is 22.9. The van der Waals surface area contributed by atoms with Crippen molar-refractivity contribution in [1.82, 2.24) is 0 Å². The molecule has 6 aliphatic rings. The maximum absolute atomic E-state index is 7.69. The van der Waals surface area contributed by atoms with Crippen LogP contribution in [0.4, 0.5) is 5.69 Å². The Morgan fingerprint density at radius 3 is 2.37 bits per heavy atom. The number of fused-ring (bicyclic) bond motifs is 13. The molecule has 0 N–H and O–H groups in total. The molecule has 4 nitrogen and oxygen atoms in total. The SMILES string of the molecule is COc1ccc2c(c1)C1(CC3CCC1C3)c1c3c(c4cc(OC)ccc4c1-2)OC(C1=CCCC=C1)(c1ccc(N2CCCCC2)cc1)C=C3. The van der Waals surface area contributed by atoms with Gasteiger partial charge in [0.05, 0.1) is 14.2 Å². The monoisotopic (exact) mass is 647 g/mol. The minimum absolute atomic E-state index is 0.0336. The zero-order chi connectivity index (χ0) is 32.7. The summed E-state index contributed by atoms with van der Waals surface area (Å²) in [6.45, 7) is 2.28. The fraction of sp³-hybridized carbons (Fsp3) is 0.378. The standard InChI is InChI=1S/C45H45NO3/c1-47-34-17-19-36-39(26-34)43-38(42-41(36)37-20-18-35(48-2)27-40(37)44(42)28-29-11-12-32(44)25-29)21-22-45(49-43,30-9-5-3-6-10-30)31-13-15-33(16-14-31)46-23-7-4-8-24-46/h5,9-10,13-22,26-27,29,32H,3-4,6-8,11-12,23-25,28H2,1-2H3. The van der Waals surface area contributed by atoms with E-state index in [4.69, 9.17) is 14.2 Å². The van der Waals surface area contributed by atoms with E-state index in [0.29, 0.717) is 5.92 Å². The number of benzene rings is 4. The molecule has 2 heterocycles. The summed E-state index contributed by atoms with van der Waals surface area (Å²) in [5, 5.41) is 2.37. The molecule has 4 atom stereocenters. The van der Waals surface area contributed by atoms with Crippen LogP contribution in [0.5, 0.6) is 17.2 Å². The fourth-order valence-electron chi connectivity index (χ4n) is 10.8. The summed E-state index contributed by atoms with van der Waals surface area (Å²) in [5.74, 6) is 4.17. The van der Waals surface area contributed by atoms with Crippen LogP contribution >= 0.6 is 0 Å². The Hall–Kier alpha value is -4.44. The molecule has 1 saturated heterocycles. The predicted molar refractivity (Wildman–Crippen MR) is 199 cm³/mol. The number of methoxy groups -OCH3 is 2. The number of piperidine rings is 1. The topological polar surface area (TPSA) is 30.9 Å². The Bertz CT molecular complexity index is 2080. The van der Waals surface area contributed by atoms with Crippen LogP contribution in [0.15, 0.2) is 90.5 Å². The van der Waals surface area contributed by atoms with Crippen LogP contribution < -0.4 is 19.1 Å². The van der Waals surface area contributed by atoms with E-state index in [2.05, 4.69) is 95.9 Å². The van der Waals surface area contributed by atoms with Crippen LogP contribution in [0.1, 0.15) is 80.0 Å². The fourth-order valence-corrected chi connectivity index (χ4v) is 10.8. The quantitative estimate of drug-likeness (QED) is 0.216. The molecule has 1 spiro atoms. The first-order valence-corrected chi connectivity index (χ1v) is 18.6. The van der Waals surface area contributed by atoms with Crippen LogP contribution in [0.2, 0.25) is 0 Å². The molecule has 4 aromatic carbocycles. The largest absolute Gasteiger partial charge is 0.497 e.